The summed E-state index contributed by atoms with van der Waals surface area (Å²) in [7, 11) is 0. The highest BCUT2D eigenvalue weighted by Crippen LogP contribution is 2.36. The van der Waals surface area contributed by atoms with Crippen LogP contribution in [-0.4, -0.2) is 28.9 Å². The van der Waals surface area contributed by atoms with E-state index < -0.39 is 23.8 Å². The van der Waals surface area contributed by atoms with Gasteiger partial charge in [0.15, 0.2) is 6.10 Å². The topological polar surface area (TPSA) is 72.8 Å². The molecule has 5 nitrogen and oxygen atoms in total. The first-order valence-corrected chi connectivity index (χ1v) is 3.78. The Morgan fingerprint density at radius 1 is 1.42 bits per heavy atom. The van der Waals surface area contributed by atoms with Gasteiger partial charge in [0.25, 0.3) is 0 Å². The van der Waals surface area contributed by atoms with Gasteiger partial charge in [-0.25, -0.2) is 9.59 Å². The lowest BCUT2D eigenvalue weighted by atomic mass is 10.2. The highest BCUT2D eigenvalue weighted by molar-refractivity contribution is 6.30. The second-order valence-corrected chi connectivity index (χ2v) is 3.02. The fourth-order valence-electron chi connectivity index (χ4n) is 1.57. The summed E-state index contributed by atoms with van der Waals surface area (Å²) in [5, 5.41) is 9.58. The predicted octanol–water partition coefficient (Wildman–Crippen LogP) is -0.673. The van der Waals surface area contributed by atoms with Crippen molar-refractivity contribution in [1.82, 2.24) is 0 Å². The average molecular weight is 172 g/mol. The fraction of sp³-hybridized carbons (Fsp3) is 0.714. The van der Waals surface area contributed by atoms with Gasteiger partial charge >= 0.3 is 11.9 Å². The van der Waals surface area contributed by atoms with Crippen molar-refractivity contribution in [3.05, 3.63) is 0 Å². The molecule has 12 heavy (non-hydrogen) atoms. The Morgan fingerprint density at radius 2 is 2.17 bits per heavy atom. The Bertz CT molecular complexity index is 248. The maximum Gasteiger partial charge on any atom is 0.420 e. The summed E-state index contributed by atoms with van der Waals surface area (Å²) >= 11 is 0. The van der Waals surface area contributed by atoms with Crippen molar-refractivity contribution in [3.8, 4) is 0 Å². The lowest BCUT2D eigenvalue weighted by molar-refractivity contribution is -0.263. The minimum Gasteiger partial charge on any atom is -0.447 e. The molecule has 1 saturated heterocycles. The van der Waals surface area contributed by atoms with E-state index in [0.717, 1.165) is 0 Å². The molecule has 66 valence electrons. The molecule has 1 N–H and O–H groups in total. The zero-order valence-corrected chi connectivity index (χ0v) is 6.28. The van der Waals surface area contributed by atoms with Crippen molar-refractivity contribution < 1.29 is 24.2 Å². The number of fused-ring (bicyclic) bond motifs is 1. The van der Waals surface area contributed by atoms with Gasteiger partial charge in [-0.2, -0.15) is 0 Å². The van der Waals surface area contributed by atoms with Crippen LogP contribution < -0.4 is 0 Å². The smallest absolute Gasteiger partial charge is 0.420 e. The molecule has 0 amide bonds. The van der Waals surface area contributed by atoms with E-state index in [1.165, 1.54) is 0 Å². The minimum absolute atomic E-state index is 0.344. The van der Waals surface area contributed by atoms with E-state index in [4.69, 9.17) is 0 Å². The van der Waals surface area contributed by atoms with Gasteiger partial charge in [-0.1, -0.05) is 0 Å². The summed E-state index contributed by atoms with van der Waals surface area (Å²) in [6.45, 7) is 0. The van der Waals surface area contributed by atoms with Crippen molar-refractivity contribution in [2.24, 2.45) is 0 Å². The Kier molecular flexibility index (Phi) is 1.38. The Morgan fingerprint density at radius 3 is 2.92 bits per heavy atom. The third-order valence-corrected chi connectivity index (χ3v) is 2.19. The highest BCUT2D eigenvalue weighted by Gasteiger charge is 2.52. The highest BCUT2D eigenvalue weighted by atomic mass is 16.7. The first kappa shape index (κ1) is 7.54. The molecule has 1 aliphatic carbocycles. The number of hydrogen-bond donors (Lipinski definition) is 1. The van der Waals surface area contributed by atoms with E-state index in [-0.39, 0.29) is 0 Å². The van der Waals surface area contributed by atoms with E-state index in [9.17, 15) is 14.7 Å². The molecule has 2 rings (SSSR count). The number of hydrogen-bond acceptors (Lipinski definition) is 5. The second kappa shape index (κ2) is 2.20. The van der Waals surface area contributed by atoms with E-state index >= 15 is 0 Å². The van der Waals surface area contributed by atoms with Crippen molar-refractivity contribution >= 4 is 11.9 Å². The molecule has 0 bridgehead atoms. The van der Waals surface area contributed by atoms with Crippen molar-refractivity contribution in [2.45, 2.75) is 31.2 Å². The molecule has 2 fully saturated rings. The second-order valence-electron chi connectivity index (χ2n) is 3.02. The Balaban J connectivity index is 2.23. The maximum atomic E-state index is 10.7. The van der Waals surface area contributed by atoms with Gasteiger partial charge in [0.1, 0.15) is 0 Å². The molecular formula is C7H8O5. The predicted molar refractivity (Wildman–Crippen MR) is 34.8 cm³/mol. The number of carbonyl (C=O) groups excluding carboxylic acids is 2. The quantitative estimate of drug-likeness (QED) is 0.387. The fourth-order valence-corrected chi connectivity index (χ4v) is 1.57. The number of carbonyl (C=O) groups is 2. The lowest BCUT2D eigenvalue weighted by Crippen LogP contribution is -2.51. The van der Waals surface area contributed by atoms with Gasteiger partial charge in [0.05, 0.1) is 0 Å². The first-order valence-electron chi connectivity index (χ1n) is 3.78. The largest absolute Gasteiger partial charge is 0.447 e. The van der Waals surface area contributed by atoms with Crippen LogP contribution in [0.1, 0.15) is 19.3 Å². The molecule has 2 atom stereocenters. The van der Waals surface area contributed by atoms with Gasteiger partial charge in [-0.3, -0.25) is 0 Å². The van der Waals surface area contributed by atoms with Crippen LogP contribution in [0.2, 0.25) is 0 Å². The summed E-state index contributed by atoms with van der Waals surface area (Å²) in [6.07, 6.45) is 0.927. The lowest BCUT2D eigenvalue weighted by Gasteiger charge is -2.32. The minimum atomic E-state index is -1.55. The molecule has 5 heteroatoms. The summed E-state index contributed by atoms with van der Waals surface area (Å²) in [5.74, 6) is -3.66. The number of ether oxygens (including phenoxy) is 2. The van der Waals surface area contributed by atoms with Gasteiger partial charge in [-0.05, 0) is 12.8 Å². The Labute approximate surface area is 68.3 Å². The molecule has 2 unspecified atom stereocenters. The number of esters is 2. The van der Waals surface area contributed by atoms with E-state index in [2.05, 4.69) is 9.47 Å². The third kappa shape index (κ3) is 0.896. The van der Waals surface area contributed by atoms with Crippen LogP contribution in [0.5, 0.6) is 0 Å². The molecule has 0 aromatic heterocycles. The van der Waals surface area contributed by atoms with Crippen molar-refractivity contribution in [3.63, 3.8) is 0 Å². The molecule has 0 aromatic carbocycles. The third-order valence-electron chi connectivity index (χ3n) is 2.19. The summed E-state index contributed by atoms with van der Waals surface area (Å²) < 4.78 is 9.21. The van der Waals surface area contributed by atoms with Crippen molar-refractivity contribution in [1.29, 1.82) is 0 Å². The Hall–Kier alpha value is -1.10. The van der Waals surface area contributed by atoms with E-state index in [1.807, 2.05) is 0 Å². The van der Waals surface area contributed by atoms with Crippen LogP contribution >= 0.6 is 0 Å². The summed E-state index contributed by atoms with van der Waals surface area (Å²) in [5.41, 5.74) is 0. The van der Waals surface area contributed by atoms with Crippen molar-refractivity contribution in [2.75, 3.05) is 0 Å². The number of rotatable bonds is 0. The van der Waals surface area contributed by atoms with Gasteiger partial charge in [0.2, 0.25) is 5.79 Å². The van der Waals surface area contributed by atoms with Crippen LogP contribution in [0.3, 0.4) is 0 Å². The molecule has 0 aromatic rings. The zero-order chi connectivity index (χ0) is 8.77. The van der Waals surface area contributed by atoms with Gasteiger partial charge in [-0.15, -0.1) is 0 Å². The SMILES string of the molecule is O=C1OC2CCCC2(O)OC1=O. The molecular weight excluding hydrogens is 164 g/mol. The first-order chi connectivity index (χ1) is 5.62. The normalized spacial score (nSPS) is 40.2. The molecule has 0 spiro atoms. The monoisotopic (exact) mass is 172 g/mol. The average Bonchev–Trinajstić information content (AvgIpc) is 2.32. The molecule has 2 aliphatic rings. The van der Waals surface area contributed by atoms with Crippen LogP contribution in [0.15, 0.2) is 0 Å². The number of aliphatic hydroxyl groups is 1. The maximum absolute atomic E-state index is 10.7. The standard InChI is InChI=1S/C7H8O5/c8-5-6(9)12-7(10)3-1-2-4(7)11-5/h4,10H,1-3H2. The summed E-state index contributed by atoms with van der Waals surface area (Å²) in [6, 6.07) is 0. The van der Waals surface area contributed by atoms with Crippen LogP contribution in [0, 0.1) is 0 Å². The molecule has 0 radical (unpaired) electrons. The van der Waals surface area contributed by atoms with Crippen LogP contribution in [0.25, 0.3) is 0 Å². The molecule has 1 aliphatic heterocycles. The summed E-state index contributed by atoms with van der Waals surface area (Å²) in [4.78, 5) is 21.4. The van der Waals surface area contributed by atoms with Crippen LogP contribution in [-0.2, 0) is 19.1 Å². The van der Waals surface area contributed by atoms with E-state index in [0.29, 0.717) is 19.3 Å². The zero-order valence-electron chi connectivity index (χ0n) is 6.28. The van der Waals surface area contributed by atoms with Crippen LogP contribution in [0.4, 0.5) is 0 Å². The van der Waals surface area contributed by atoms with E-state index in [1.54, 1.807) is 0 Å². The van der Waals surface area contributed by atoms with Gasteiger partial charge in [0, 0.05) is 6.42 Å². The molecule has 1 heterocycles. The van der Waals surface area contributed by atoms with Gasteiger partial charge < -0.3 is 14.6 Å². The molecule has 1 saturated carbocycles.